The highest BCUT2D eigenvalue weighted by atomic mass is 16.5. The lowest BCUT2D eigenvalue weighted by Crippen LogP contribution is -2.44. The summed E-state index contributed by atoms with van der Waals surface area (Å²) >= 11 is 0. The van der Waals surface area contributed by atoms with Crippen LogP contribution in [0.25, 0.3) is 0 Å². The zero-order valence-corrected chi connectivity index (χ0v) is 13.2. The monoisotopic (exact) mass is 276 g/mol. The van der Waals surface area contributed by atoms with E-state index in [-0.39, 0.29) is 0 Å². The van der Waals surface area contributed by atoms with E-state index in [1.165, 1.54) is 17.7 Å². The molecule has 0 bridgehead atoms. The second-order valence-corrected chi connectivity index (χ2v) is 5.82. The smallest absolute Gasteiger partial charge is 0.0772 e. The van der Waals surface area contributed by atoms with E-state index in [1.807, 2.05) is 7.11 Å². The maximum absolute atomic E-state index is 5.65. The van der Waals surface area contributed by atoms with Crippen LogP contribution in [0.2, 0.25) is 0 Å². The minimum atomic E-state index is 0.339. The molecule has 3 nitrogen and oxygen atoms in total. The molecule has 3 heteroatoms. The Bertz CT molecular complexity index is 421. The SMILES string of the molecule is CCNC(C)c1ccccc1N1CCC(C)C(OC)C1. The van der Waals surface area contributed by atoms with Crippen LogP contribution < -0.4 is 10.2 Å². The fraction of sp³-hybridized carbons (Fsp3) is 0.647. The molecule has 0 saturated carbocycles. The van der Waals surface area contributed by atoms with Crippen molar-refractivity contribution in [2.45, 2.75) is 39.3 Å². The summed E-state index contributed by atoms with van der Waals surface area (Å²) in [5, 5.41) is 3.52. The highest BCUT2D eigenvalue weighted by Crippen LogP contribution is 2.30. The van der Waals surface area contributed by atoms with Crippen LogP contribution in [-0.2, 0) is 4.74 Å². The number of hydrogen-bond donors (Lipinski definition) is 1. The molecule has 3 unspecified atom stereocenters. The maximum atomic E-state index is 5.65. The van der Waals surface area contributed by atoms with Crippen LogP contribution in [-0.4, -0.2) is 32.8 Å². The van der Waals surface area contributed by atoms with Crippen molar-refractivity contribution in [1.29, 1.82) is 0 Å². The summed E-state index contributed by atoms with van der Waals surface area (Å²) in [4.78, 5) is 2.48. The minimum Gasteiger partial charge on any atom is -0.379 e. The van der Waals surface area contributed by atoms with Gasteiger partial charge in [-0.2, -0.15) is 0 Å². The lowest BCUT2D eigenvalue weighted by atomic mass is 9.94. The molecule has 0 aliphatic carbocycles. The number of nitrogens with one attached hydrogen (secondary N) is 1. The number of para-hydroxylation sites is 1. The van der Waals surface area contributed by atoms with Crippen LogP contribution >= 0.6 is 0 Å². The summed E-state index contributed by atoms with van der Waals surface area (Å²) in [6, 6.07) is 9.13. The van der Waals surface area contributed by atoms with Crippen LogP contribution in [0.15, 0.2) is 24.3 Å². The summed E-state index contributed by atoms with van der Waals surface area (Å²) < 4.78 is 5.65. The van der Waals surface area contributed by atoms with Gasteiger partial charge in [-0.3, -0.25) is 0 Å². The van der Waals surface area contributed by atoms with Crippen molar-refractivity contribution in [2.24, 2.45) is 5.92 Å². The van der Waals surface area contributed by atoms with Crippen LogP contribution in [0.1, 0.15) is 38.8 Å². The molecule has 112 valence electrons. The summed E-state index contributed by atoms with van der Waals surface area (Å²) in [5.74, 6) is 0.648. The molecule has 1 aromatic rings. The Morgan fingerprint density at radius 3 is 2.85 bits per heavy atom. The predicted octanol–water partition coefficient (Wildman–Crippen LogP) is 3.22. The van der Waals surface area contributed by atoms with Crippen molar-refractivity contribution in [3.63, 3.8) is 0 Å². The first-order chi connectivity index (χ1) is 9.67. The fourth-order valence-electron chi connectivity index (χ4n) is 3.12. The van der Waals surface area contributed by atoms with Gasteiger partial charge in [-0.25, -0.2) is 0 Å². The molecule has 1 aliphatic heterocycles. The van der Waals surface area contributed by atoms with E-state index >= 15 is 0 Å². The van der Waals surface area contributed by atoms with Crippen molar-refractivity contribution < 1.29 is 4.74 Å². The third kappa shape index (κ3) is 3.33. The van der Waals surface area contributed by atoms with Crippen molar-refractivity contribution in [2.75, 3.05) is 31.6 Å². The molecule has 3 atom stereocenters. The Morgan fingerprint density at radius 2 is 2.15 bits per heavy atom. The van der Waals surface area contributed by atoms with Crippen molar-refractivity contribution in [3.05, 3.63) is 29.8 Å². The first-order valence-corrected chi connectivity index (χ1v) is 7.77. The number of piperidine rings is 1. The van der Waals surface area contributed by atoms with Gasteiger partial charge >= 0.3 is 0 Å². The number of benzene rings is 1. The van der Waals surface area contributed by atoms with Crippen LogP contribution in [0.4, 0.5) is 5.69 Å². The van der Waals surface area contributed by atoms with Crippen LogP contribution in [0.3, 0.4) is 0 Å². The Labute approximate surface area is 123 Å². The molecule has 1 saturated heterocycles. The van der Waals surface area contributed by atoms with Gasteiger partial charge in [-0.15, -0.1) is 0 Å². The number of rotatable bonds is 5. The van der Waals surface area contributed by atoms with E-state index < -0.39 is 0 Å². The average molecular weight is 276 g/mol. The summed E-state index contributed by atoms with van der Waals surface area (Å²) in [6.45, 7) is 9.79. The molecule has 1 aromatic carbocycles. The molecule has 0 radical (unpaired) electrons. The third-order valence-electron chi connectivity index (χ3n) is 4.45. The normalized spacial score (nSPS) is 24.7. The molecule has 0 spiro atoms. The molecular formula is C17H28N2O. The lowest BCUT2D eigenvalue weighted by molar-refractivity contribution is 0.0498. The number of ether oxygens (including phenoxy) is 1. The van der Waals surface area contributed by atoms with Gasteiger partial charge in [-0.05, 0) is 37.4 Å². The Balaban J connectivity index is 2.20. The van der Waals surface area contributed by atoms with Gasteiger partial charge in [0, 0.05) is 31.9 Å². The van der Waals surface area contributed by atoms with Crippen molar-refractivity contribution in [1.82, 2.24) is 5.32 Å². The summed E-state index contributed by atoms with van der Waals surface area (Å²) in [6.07, 6.45) is 1.54. The van der Waals surface area contributed by atoms with E-state index in [0.29, 0.717) is 18.1 Å². The van der Waals surface area contributed by atoms with Gasteiger partial charge in [0.25, 0.3) is 0 Å². The largest absolute Gasteiger partial charge is 0.379 e. The fourth-order valence-corrected chi connectivity index (χ4v) is 3.12. The zero-order valence-electron chi connectivity index (χ0n) is 13.2. The molecule has 0 aromatic heterocycles. The predicted molar refractivity (Wildman–Crippen MR) is 85.3 cm³/mol. The van der Waals surface area contributed by atoms with Crippen molar-refractivity contribution in [3.8, 4) is 0 Å². The summed E-state index contributed by atoms with van der Waals surface area (Å²) in [7, 11) is 1.83. The molecule has 0 amide bonds. The first-order valence-electron chi connectivity index (χ1n) is 7.77. The minimum absolute atomic E-state index is 0.339. The average Bonchev–Trinajstić information content (AvgIpc) is 2.48. The Hall–Kier alpha value is -1.06. The quantitative estimate of drug-likeness (QED) is 0.893. The van der Waals surface area contributed by atoms with Gasteiger partial charge in [0.15, 0.2) is 0 Å². The topological polar surface area (TPSA) is 24.5 Å². The van der Waals surface area contributed by atoms with Gasteiger partial charge in [0.2, 0.25) is 0 Å². The van der Waals surface area contributed by atoms with Crippen LogP contribution in [0, 0.1) is 5.92 Å². The van der Waals surface area contributed by atoms with E-state index in [9.17, 15) is 0 Å². The first kappa shape index (κ1) is 15.3. The highest BCUT2D eigenvalue weighted by Gasteiger charge is 2.27. The molecule has 1 fully saturated rings. The zero-order chi connectivity index (χ0) is 14.5. The number of methoxy groups -OCH3 is 1. The van der Waals surface area contributed by atoms with Gasteiger partial charge in [-0.1, -0.05) is 32.0 Å². The van der Waals surface area contributed by atoms with E-state index in [2.05, 4.69) is 55.3 Å². The third-order valence-corrected chi connectivity index (χ3v) is 4.45. The van der Waals surface area contributed by atoms with E-state index in [4.69, 9.17) is 4.74 Å². The van der Waals surface area contributed by atoms with Crippen molar-refractivity contribution >= 4 is 5.69 Å². The molecule has 1 aliphatic rings. The van der Waals surface area contributed by atoms with E-state index in [0.717, 1.165) is 19.6 Å². The molecule has 1 heterocycles. The second kappa shape index (κ2) is 7.09. The molecule has 1 N–H and O–H groups in total. The van der Waals surface area contributed by atoms with Gasteiger partial charge in [0.05, 0.1) is 6.10 Å². The molecule has 2 rings (SSSR count). The van der Waals surface area contributed by atoms with Gasteiger partial charge in [0.1, 0.15) is 0 Å². The standard InChI is InChI=1S/C17H28N2O/c1-5-18-14(3)15-8-6-7-9-16(15)19-11-10-13(2)17(12-19)20-4/h6-9,13-14,17-18H,5,10-12H2,1-4H3. The maximum Gasteiger partial charge on any atom is 0.0772 e. The second-order valence-electron chi connectivity index (χ2n) is 5.82. The van der Waals surface area contributed by atoms with Gasteiger partial charge < -0.3 is 15.0 Å². The summed E-state index contributed by atoms with van der Waals surface area (Å²) in [5.41, 5.74) is 2.74. The Kier molecular flexibility index (Phi) is 5.44. The van der Waals surface area contributed by atoms with Crippen LogP contribution in [0.5, 0.6) is 0 Å². The Morgan fingerprint density at radius 1 is 1.40 bits per heavy atom. The highest BCUT2D eigenvalue weighted by molar-refractivity contribution is 5.55. The molecule has 20 heavy (non-hydrogen) atoms. The number of hydrogen-bond acceptors (Lipinski definition) is 3. The van der Waals surface area contributed by atoms with E-state index in [1.54, 1.807) is 0 Å². The number of anilines is 1. The molecular weight excluding hydrogens is 248 g/mol. The lowest BCUT2D eigenvalue weighted by Gasteiger charge is -2.39. The number of nitrogens with zero attached hydrogens (tertiary/aromatic N) is 1.